The number of hydrogen-bond acceptors (Lipinski definition) is 3. The van der Waals surface area contributed by atoms with Gasteiger partial charge in [0, 0.05) is 7.05 Å². The topological polar surface area (TPSA) is 61.2 Å². The highest BCUT2D eigenvalue weighted by Gasteiger charge is 2.16. The van der Waals surface area contributed by atoms with Crippen molar-refractivity contribution in [1.82, 2.24) is 4.57 Å². The summed E-state index contributed by atoms with van der Waals surface area (Å²) in [7, 11) is 1.69. The van der Waals surface area contributed by atoms with E-state index in [0.717, 1.165) is 27.8 Å². The van der Waals surface area contributed by atoms with Crippen LogP contribution in [-0.2, 0) is 7.05 Å². The highest BCUT2D eigenvalue weighted by Crippen LogP contribution is 2.27. The van der Waals surface area contributed by atoms with Crippen LogP contribution in [0.2, 0.25) is 0 Å². The Hall–Kier alpha value is -2.33. The van der Waals surface area contributed by atoms with Crippen molar-refractivity contribution in [2.45, 2.75) is 19.9 Å². The van der Waals surface area contributed by atoms with Crippen LogP contribution in [0.3, 0.4) is 0 Å². The van der Waals surface area contributed by atoms with Crippen LogP contribution >= 0.6 is 0 Å². The molecule has 0 aliphatic rings. The van der Waals surface area contributed by atoms with E-state index in [4.69, 9.17) is 10.2 Å². The molecule has 0 radical (unpaired) electrons. The van der Waals surface area contributed by atoms with Gasteiger partial charge >= 0.3 is 5.76 Å². The standard InChI is InChI=1S/C17H18N2O2/c1-10-5-4-6-11(2)15(10)16(18)12-7-8-13-14(9-12)21-17(20)19(13)3/h4-9,16H,18H2,1-3H3. The molecule has 1 atom stereocenters. The number of hydrogen-bond donors (Lipinski definition) is 1. The lowest BCUT2D eigenvalue weighted by Gasteiger charge is -2.18. The zero-order valence-corrected chi connectivity index (χ0v) is 12.4. The monoisotopic (exact) mass is 282 g/mol. The van der Waals surface area contributed by atoms with Crippen LogP contribution in [0.15, 0.2) is 45.6 Å². The van der Waals surface area contributed by atoms with E-state index in [-0.39, 0.29) is 11.8 Å². The van der Waals surface area contributed by atoms with Crippen LogP contribution in [-0.4, -0.2) is 4.57 Å². The Morgan fingerprint density at radius 2 is 1.81 bits per heavy atom. The molecule has 4 nitrogen and oxygen atoms in total. The molecule has 3 aromatic rings. The summed E-state index contributed by atoms with van der Waals surface area (Å²) < 4.78 is 6.73. The Kier molecular flexibility index (Phi) is 3.18. The van der Waals surface area contributed by atoms with Crippen LogP contribution in [0.5, 0.6) is 0 Å². The number of aromatic nitrogens is 1. The average molecular weight is 282 g/mol. The Bertz CT molecular complexity index is 854. The SMILES string of the molecule is Cc1cccc(C)c1C(N)c1ccc2c(c1)oc(=O)n2C. The van der Waals surface area contributed by atoms with Gasteiger partial charge in [0.1, 0.15) is 0 Å². The molecule has 2 N–H and O–H groups in total. The van der Waals surface area contributed by atoms with Crippen molar-refractivity contribution in [2.24, 2.45) is 12.8 Å². The van der Waals surface area contributed by atoms with Gasteiger partial charge in [-0.1, -0.05) is 24.3 Å². The molecule has 0 aliphatic heterocycles. The normalized spacial score (nSPS) is 12.8. The molecule has 0 aliphatic carbocycles. The molecule has 0 bridgehead atoms. The second-order valence-electron chi connectivity index (χ2n) is 5.44. The predicted octanol–water partition coefficient (Wildman–Crippen LogP) is 2.80. The van der Waals surface area contributed by atoms with Crippen LogP contribution in [0.1, 0.15) is 28.3 Å². The highest BCUT2D eigenvalue weighted by atomic mass is 16.4. The largest absolute Gasteiger partial charge is 0.419 e. The minimum atomic E-state index is -0.359. The molecule has 1 heterocycles. The maximum Gasteiger partial charge on any atom is 0.419 e. The lowest BCUT2D eigenvalue weighted by atomic mass is 9.92. The third-order valence-electron chi connectivity index (χ3n) is 4.03. The predicted molar refractivity (Wildman–Crippen MR) is 83.4 cm³/mol. The first kappa shape index (κ1) is 13.6. The molecule has 2 aromatic carbocycles. The van der Waals surface area contributed by atoms with E-state index in [1.807, 2.05) is 24.3 Å². The van der Waals surface area contributed by atoms with Gasteiger partial charge in [-0.3, -0.25) is 4.57 Å². The van der Waals surface area contributed by atoms with Crippen LogP contribution in [0.25, 0.3) is 11.1 Å². The van der Waals surface area contributed by atoms with Crippen molar-refractivity contribution < 1.29 is 4.42 Å². The van der Waals surface area contributed by atoms with Crippen LogP contribution in [0, 0.1) is 13.8 Å². The van der Waals surface area contributed by atoms with Gasteiger partial charge in [0.2, 0.25) is 0 Å². The number of nitrogens with zero attached hydrogens (tertiary/aromatic N) is 1. The molecule has 0 fully saturated rings. The summed E-state index contributed by atoms with van der Waals surface area (Å²) in [6.45, 7) is 4.12. The van der Waals surface area contributed by atoms with E-state index >= 15 is 0 Å². The van der Waals surface area contributed by atoms with Crippen molar-refractivity contribution >= 4 is 11.1 Å². The minimum Gasteiger partial charge on any atom is -0.408 e. The van der Waals surface area contributed by atoms with E-state index in [1.54, 1.807) is 7.05 Å². The quantitative estimate of drug-likeness (QED) is 0.786. The van der Waals surface area contributed by atoms with E-state index in [2.05, 4.69) is 26.0 Å². The summed E-state index contributed by atoms with van der Waals surface area (Å²) in [4.78, 5) is 11.6. The van der Waals surface area contributed by atoms with Gasteiger partial charge in [0.15, 0.2) is 5.58 Å². The smallest absolute Gasteiger partial charge is 0.408 e. The maximum atomic E-state index is 11.6. The molecule has 108 valence electrons. The third kappa shape index (κ3) is 2.17. The van der Waals surface area contributed by atoms with Gasteiger partial charge < -0.3 is 10.2 Å². The molecular weight excluding hydrogens is 264 g/mol. The van der Waals surface area contributed by atoms with Gasteiger partial charge in [-0.05, 0) is 48.2 Å². The van der Waals surface area contributed by atoms with Crippen molar-refractivity contribution in [3.05, 3.63) is 69.2 Å². The first-order valence-electron chi connectivity index (χ1n) is 6.90. The van der Waals surface area contributed by atoms with Gasteiger partial charge in [-0.15, -0.1) is 0 Å². The fourth-order valence-corrected chi connectivity index (χ4v) is 2.83. The summed E-state index contributed by atoms with van der Waals surface area (Å²) in [6.07, 6.45) is 0. The lowest BCUT2D eigenvalue weighted by molar-refractivity contribution is 0.527. The Morgan fingerprint density at radius 3 is 2.48 bits per heavy atom. The van der Waals surface area contributed by atoms with Gasteiger partial charge in [-0.25, -0.2) is 4.79 Å². The molecule has 1 unspecified atom stereocenters. The summed E-state index contributed by atoms with van der Waals surface area (Å²) in [5.41, 5.74) is 12.2. The molecule has 4 heteroatoms. The van der Waals surface area contributed by atoms with Gasteiger partial charge in [0.25, 0.3) is 0 Å². The Balaban J connectivity index is 2.14. The number of aryl methyl sites for hydroxylation is 3. The zero-order valence-electron chi connectivity index (χ0n) is 12.4. The molecule has 3 rings (SSSR count). The van der Waals surface area contributed by atoms with E-state index < -0.39 is 0 Å². The van der Waals surface area contributed by atoms with Crippen LogP contribution < -0.4 is 11.5 Å². The summed E-state index contributed by atoms with van der Waals surface area (Å²) in [5, 5.41) is 0. The van der Waals surface area contributed by atoms with Gasteiger partial charge in [-0.2, -0.15) is 0 Å². The molecule has 0 spiro atoms. The Morgan fingerprint density at radius 1 is 1.14 bits per heavy atom. The van der Waals surface area contributed by atoms with E-state index in [1.165, 1.54) is 4.57 Å². The van der Waals surface area contributed by atoms with Gasteiger partial charge in [0.05, 0.1) is 11.6 Å². The number of fused-ring (bicyclic) bond motifs is 1. The van der Waals surface area contributed by atoms with Crippen molar-refractivity contribution in [3.8, 4) is 0 Å². The van der Waals surface area contributed by atoms with Crippen LogP contribution in [0.4, 0.5) is 0 Å². The molecule has 0 amide bonds. The summed E-state index contributed by atoms with van der Waals surface area (Å²) >= 11 is 0. The van der Waals surface area contributed by atoms with Crippen molar-refractivity contribution in [1.29, 1.82) is 0 Å². The first-order valence-corrected chi connectivity index (χ1v) is 6.90. The summed E-state index contributed by atoms with van der Waals surface area (Å²) in [6, 6.07) is 11.6. The lowest BCUT2D eigenvalue weighted by Crippen LogP contribution is -2.14. The molecule has 0 saturated heterocycles. The average Bonchev–Trinajstić information content (AvgIpc) is 2.73. The fraction of sp³-hybridized carbons (Fsp3) is 0.235. The van der Waals surface area contributed by atoms with Crippen molar-refractivity contribution in [2.75, 3.05) is 0 Å². The maximum absolute atomic E-state index is 11.6. The second-order valence-corrected chi connectivity index (χ2v) is 5.44. The number of benzene rings is 2. The summed E-state index contributed by atoms with van der Waals surface area (Å²) in [5.74, 6) is -0.359. The third-order valence-corrected chi connectivity index (χ3v) is 4.03. The van der Waals surface area contributed by atoms with E-state index in [0.29, 0.717) is 5.58 Å². The second kappa shape index (κ2) is 4.90. The number of nitrogens with two attached hydrogens (primary N) is 1. The fourth-order valence-electron chi connectivity index (χ4n) is 2.83. The van der Waals surface area contributed by atoms with E-state index in [9.17, 15) is 4.79 Å². The molecular formula is C17H18N2O2. The first-order chi connectivity index (χ1) is 9.99. The molecule has 0 saturated carbocycles. The minimum absolute atomic E-state index is 0.235. The zero-order chi connectivity index (χ0) is 15.1. The highest BCUT2D eigenvalue weighted by molar-refractivity contribution is 5.74. The molecule has 1 aromatic heterocycles. The van der Waals surface area contributed by atoms with Crippen molar-refractivity contribution in [3.63, 3.8) is 0 Å². The molecule has 21 heavy (non-hydrogen) atoms. The Labute approximate surface area is 122 Å². The number of rotatable bonds is 2. The number of oxazole rings is 1.